The molecule has 33 heavy (non-hydrogen) atoms. The molecule has 1 heterocycles. The van der Waals surface area contributed by atoms with Crippen LogP contribution in [-0.2, 0) is 0 Å². The Balaban J connectivity index is 2.08. The monoisotopic (exact) mass is 443 g/mol. The van der Waals surface area contributed by atoms with Crippen molar-refractivity contribution in [2.24, 2.45) is 0 Å². The predicted octanol–water partition coefficient (Wildman–Crippen LogP) is 6.14. The van der Waals surface area contributed by atoms with Gasteiger partial charge in [0.1, 0.15) is 11.5 Å². The number of benzene rings is 2. The Hall–Kier alpha value is -3.57. The van der Waals surface area contributed by atoms with Crippen molar-refractivity contribution < 1.29 is 9.47 Å². The summed E-state index contributed by atoms with van der Waals surface area (Å²) in [5.41, 5.74) is 4.99. The van der Waals surface area contributed by atoms with Crippen LogP contribution in [0.5, 0.6) is 11.5 Å². The molecule has 2 aromatic carbocycles. The number of hydrogen-bond donors (Lipinski definition) is 1. The highest BCUT2D eigenvalue weighted by Gasteiger charge is 2.14. The predicted molar refractivity (Wildman–Crippen MR) is 140 cm³/mol. The van der Waals surface area contributed by atoms with E-state index >= 15 is 0 Å². The van der Waals surface area contributed by atoms with Gasteiger partial charge in [-0.25, -0.2) is 0 Å². The zero-order valence-corrected chi connectivity index (χ0v) is 20.0. The SMILES string of the molecule is C=C/C=C(\C=C)c1cnc2ccc(N(CCNC(C)C)c3cc(OC)cc(OC)c3)cc2c1. The van der Waals surface area contributed by atoms with Crippen molar-refractivity contribution in [3.8, 4) is 11.5 Å². The van der Waals surface area contributed by atoms with Crippen molar-refractivity contribution in [2.75, 3.05) is 32.2 Å². The fraction of sp³-hybridized carbons (Fsp3) is 0.250. The fourth-order valence-corrected chi connectivity index (χ4v) is 3.67. The van der Waals surface area contributed by atoms with Crippen molar-refractivity contribution in [1.82, 2.24) is 10.3 Å². The van der Waals surface area contributed by atoms with Crippen LogP contribution in [0.3, 0.4) is 0 Å². The Bertz CT molecular complexity index is 1130. The molecule has 0 aliphatic heterocycles. The summed E-state index contributed by atoms with van der Waals surface area (Å²) in [5, 5.41) is 4.57. The van der Waals surface area contributed by atoms with Gasteiger partial charge in [0.05, 0.1) is 19.7 Å². The Morgan fingerprint density at radius 3 is 2.36 bits per heavy atom. The van der Waals surface area contributed by atoms with Gasteiger partial charge in [-0.2, -0.15) is 0 Å². The van der Waals surface area contributed by atoms with Crippen LogP contribution in [0, 0.1) is 0 Å². The zero-order valence-electron chi connectivity index (χ0n) is 20.0. The van der Waals surface area contributed by atoms with E-state index in [0.29, 0.717) is 6.04 Å². The van der Waals surface area contributed by atoms with Gasteiger partial charge in [-0.15, -0.1) is 0 Å². The number of methoxy groups -OCH3 is 2. The molecule has 0 spiro atoms. The normalized spacial score (nSPS) is 11.5. The second-order valence-electron chi connectivity index (χ2n) is 7.99. The summed E-state index contributed by atoms with van der Waals surface area (Å²) < 4.78 is 11.0. The van der Waals surface area contributed by atoms with Gasteiger partial charge in [0.15, 0.2) is 0 Å². The second kappa shape index (κ2) is 11.3. The molecule has 0 saturated heterocycles. The Kier molecular flexibility index (Phi) is 8.28. The summed E-state index contributed by atoms with van der Waals surface area (Å²) in [6.45, 7) is 13.6. The van der Waals surface area contributed by atoms with E-state index in [1.54, 1.807) is 20.3 Å². The lowest BCUT2D eigenvalue weighted by molar-refractivity contribution is 0.394. The Morgan fingerprint density at radius 2 is 1.76 bits per heavy atom. The van der Waals surface area contributed by atoms with Crippen molar-refractivity contribution in [3.05, 3.63) is 85.6 Å². The number of hydrogen-bond acceptors (Lipinski definition) is 5. The minimum Gasteiger partial charge on any atom is -0.497 e. The highest BCUT2D eigenvalue weighted by molar-refractivity contribution is 5.88. The molecule has 0 unspecified atom stereocenters. The summed E-state index contributed by atoms with van der Waals surface area (Å²) in [6.07, 6.45) is 7.39. The van der Waals surface area contributed by atoms with E-state index in [0.717, 1.165) is 58.0 Å². The van der Waals surface area contributed by atoms with Gasteiger partial charge >= 0.3 is 0 Å². The quantitative estimate of drug-likeness (QED) is 0.361. The molecule has 1 N–H and O–H groups in total. The molecule has 0 aliphatic rings. The lowest BCUT2D eigenvalue weighted by Crippen LogP contribution is -2.32. The lowest BCUT2D eigenvalue weighted by Gasteiger charge is -2.27. The largest absolute Gasteiger partial charge is 0.497 e. The van der Waals surface area contributed by atoms with Crippen LogP contribution in [0.4, 0.5) is 11.4 Å². The number of nitrogens with zero attached hydrogens (tertiary/aromatic N) is 2. The number of rotatable bonds is 11. The number of pyridine rings is 1. The Labute approximate surface area is 197 Å². The van der Waals surface area contributed by atoms with Gasteiger partial charge in [0.25, 0.3) is 0 Å². The number of nitrogens with one attached hydrogen (secondary N) is 1. The van der Waals surface area contributed by atoms with Crippen LogP contribution in [0.25, 0.3) is 16.5 Å². The maximum atomic E-state index is 5.52. The van der Waals surface area contributed by atoms with E-state index < -0.39 is 0 Å². The van der Waals surface area contributed by atoms with Gasteiger partial charge in [0.2, 0.25) is 0 Å². The maximum Gasteiger partial charge on any atom is 0.124 e. The summed E-state index contributed by atoms with van der Waals surface area (Å²) in [4.78, 5) is 6.92. The highest BCUT2D eigenvalue weighted by atomic mass is 16.5. The maximum absolute atomic E-state index is 5.52. The highest BCUT2D eigenvalue weighted by Crippen LogP contribution is 2.34. The number of ether oxygens (including phenoxy) is 2. The number of fused-ring (bicyclic) bond motifs is 1. The minimum absolute atomic E-state index is 0.407. The van der Waals surface area contributed by atoms with Gasteiger partial charge in [0, 0.05) is 65.9 Å². The van der Waals surface area contributed by atoms with E-state index in [-0.39, 0.29) is 0 Å². The van der Waals surface area contributed by atoms with Gasteiger partial charge in [-0.05, 0) is 29.8 Å². The third kappa shape index (κ3) is 6.02. The number of anilines is 2. The van der Waals surface area contributed by atoms with E-state index in [1.165, 1.54) is 0 Å². The molecule has 0 amide bonds. The average molecular weight is 444 g/mol. The van der Waals surface area contributed by atoms with Crippen molar-refractivity contribution in [2.45, 2.75) is 19.9 Å². The first-order valence-corrected chi connectivity index (χ1v) is 11.1. The molecule has 0 radical (unpaired) electrons. The number of allylic oxidation sites excluding steroid dienone is 4. The van der Waals surface area contributed by atoms with Crippen molar-refractivity contribution >= 4 is 27.9 Å². The molecule has 3 aromatic rings. The molecule has 5 heteroatoms. The molecule has 0 aliphatic carbocycles. The van der Waals surface area contributed by atoms with Crippen LogP contribution in [-0.4, -0.2) is 38.3 Å². The van der Waals surface area contributed by atoms with Crippen LogP contribution in [0.15, 0.2) is 80.0 Å². The average Bonchev–Trinajstić information content (AvgIpc) is 2.84. The molecule has 0 fully saturated rings. The Morgan fingerprint density at radius 1 is 1.03 bits per heavy atom. The summed E-state index contributed by atoms with van der Waals surface area (Å²) in [5.74, 6) is 1.50. The standard InChI is InChI=1S/C28H33N3O2/c1-7-9-21(8-2)23-14-22-15-24(10-11-28(22)30-19-23)31(13-12-29-20(3)4)25-16-26(32-5)18-27(17-25)33-6/h7-11,14-20,29H,1-2,12-13H2,3-6H3/b21-9+. The first-order valence-electron chi connectivity index (χ1n) is 11.1. The summed E-state index contributed by atoms with van der Waals surface area (Å²) in [6, 6.07) is 14.8. The molecular weight excluding hydrogens is 410 g/mol. The molecule has 0 bridgehead atoms. The van der Waals surface area contributed by atoms with Crippen LogP contribution >= 0.6 is 0 Å². The topological polar surface area (TPSA) is 46.6 Å². The molecule has 3 rings (SSSR count). The first kappa shape index (κ1) is 24.1. The molecular formula is C28H33N3O2. The van der Waals surface area contributed by atoms with E-state index in [9.17, 15) is 0 Å². The smallest absolute Gasteiger partial charge is 0.124 e. The molecule has 1 aromatic heterocycles. The third-order valence-corrected chi connectivity index (χ3v) is 5.36. The number of aromatic nitrogens is 1. The first-order chi connectivity index (χ1) is 16.0. The molecule has 0 atom stereocenters. The van der Waals surface area contributed by atoms with Gasteiger partial charge in [-0.3, -0.25) is 4.98 Å². The van der Waals surface area contributed by atoms with Crippen LogP contribution in [0.2, 0.25) is 0 Å². The van der Waals surface area contributed by atoms with Gasteiger partial charge < -0.3 is 19.7 Å². The summed E-state index contributed by atoms with van der Waals surface area (Å²) in [7, 11) is 3.33. The fourth-order valence-electron chi connectivity index (χ4n) is 3.67. The zero-order chi connectivity index (χ0) is 23.8. The molecule has 172 valence electrons. The van der Waals surface area contributed by atoms with E-state index in [4.69, 9.17) is 9.47 Å². The van der Waals surface area contributed by atoms with Crippen molar-refractivity contribution in [1.29, 1.82) is 0 Å². The van der Waals surface area contributed by atoms with Crippen molar-refractivity contribution in [3.63, 3.8) is 0 Å². The van der Waals surface area contributed by atoms with E-state index in [2.05, 4.69) is 66.5 Å². The second-order valence-corrected chi connectivity index (χ2v) is 7.99. The third-order valence-electron chi connectivity index (χ3n) is 5.36. The lowest BCUT2D eigenvalue weighted by atomic mass is 10.0. The molecule has 5 nitrogen and oxygen atoms in total. The van der Waals surface area contributed by atoms with E-state index in [1.807, 2.05) is 36.5 Å². The van der Waals surface area contributed by atoms with Gasteiger partial charge in [-0.1, -0.05) is 45.2 Å². The molecule has 0 saturated carbocycles. The van der Waals surface area contributed by atoms with Crippen LogP contribution in [0.1, 0.15) is 19.4 Å². The summed E-state index contributed by atoms with van der Waals surface area (Å²) >= 11 is 0. The van der Waals surface area contributed by atoms with Crippen LogP contribution < -0.4 is 19.7 Å². The minimum atomic E-state index is 0.407.